The van der Waals surface area contributed by atoms with E-state index in [9.17, 15) is 9.18 Å². The molecule has 1 aliphatic heterocycles. The van der Waals surface area contributed by atoms with E-state index in [-0.39, 0.29) is 24.3 Å². The van der Waals surface area contributed by atoms with Gasteiger partial charge in [-0.15, -0.1) is 0 Å². The van der Waals surface area contributed by atoms with Gasteiger partial charge in [0.15, 0.2) is 5.82 Å². The molecule has 0 aliphatic carbocycles. The molecule has 3 rings (SSSR count). The molecular weight excluding hydrogens is 291 g/mol. The van der Waals surface area contributed by atoms with Gasteiger partial charge in [-0.3, -0.25) is 0 Å². The van der Waals surface area contributed by atoms with Crippen molar-refractivity contribution in [1.82, 2.24) is 20.4 Å². The molecule has 1 aliphatic rings. The van der Waals surface area contributed by atoms with Crippen LogP contribution in [0.15, 0.2) is 28.8 Å². The largest absolute Gasteiger partial charge is 0.378 e. The van der Waals surface area contributed by atoms with Crippen LogP contribution in [0.1, 0.15) is 5.82 Å². The third kappa shape index (κ3) is 3.40. The molecular formula is C14H15FN4O3. The van der Waals surface area contributed by atoms with Crippen molar-refractivity contribution in [3.05, 3.63) is 35.9 Å². The number of benzene rings is 1. The van der Waals surface area contributed by atoms with Crippen molar-refractivity contribution < 1.29 is 18.4 Å². The number of morpholine rings is 1. The van der Waals surface area contributed by atoms with Crippen molar-refractivity contribution in [2.24, 2.45) is 0 Å². The number of amides is 2. The van der Waals surface area contributed by atoms with Gasteiger partial charge in [-0.25, -0.2) is 9.18 Å². The Morgan fingerprint density at radius 1 is 1.36 bits per heavy atom. The fourth-order valence-corrected chi connectivity index (χ4v) is 2.10. The van der Waals surface area contributed by atoms with E-state index in [0.29, 0.717) is 37.7 Å². The predicted molar refractivity (Wildman–Crippen MR) is 74.3 cm³/mol. The predicted octanol–water partition coefficient (Wildman–Crippen LogP) is 1.42. The summed E-state index contributed by atoms with van der Waals surface area (Å²) in [6, 6.07) is 5.69. The van der Waals surface area contributed by atoms with E-state index in [1.54, 1.807) is 17.0 Å². The minimum Gasteiger partial charge on any atom is -0.378 e. The first kappa shape index (κ1) is 14.5. The smallest absolute Gasteiger partial charge is 0.317 e. The van der Waals surface area contributed by atoms with E-state index >= 15 is 0 Å². The molecule has 1 N–H and O–H groups in total. The highest BCUT2D eigenvalue weighted by atomic mass is 19.1. The van der Waals surface area contributed by atoms with Gasteiger partial charge in [0.05, 0.1) is 19.8 Å². The Balaban J connectivity index is 1.59. The van der Waals surface area contributed by atoms with Gasteiger partial charge >= 0.3 is 6.03 Å². The average Bonchev–Trinajstić information content (AvgIpc) is 3.02. The van der Waals surface area contributed by atoms with Crippen LogP contribution in [0.3, 0.4) is 0 Å². The molecule has 22 heavy (non-hydrogen) atoms. The minimum absolute atomic E-state index is 0.148. The van der Waals surface area contributed by atoms with E-state index < -0.39 is 0 Å². The molecule has 2 heterocycles. The van der Waals surface area contributed by atoms with Crippen molar-refractivity contribution >= 4 is 6.03 Å². The highest BCUT2D eigenvalue weighted by Gasteiger charge is 2.17. The maximum absolute atomic E-state index is 13.2. The number of halogens is 1. The fraction of sp³-hybridized carbons (Fsp3) is 0.357. The topological polar surface area (TPSA) is 80.5 Å². The lowest BCUT2D eigenvalue weighted by Gasteiger charge is -2.26. The summed E-state index contributed by atoms with van der Waals surface area (Å²) < 4.78 is 23.4. The highest BCUT2D eigenvalue weighted by molar-refractivity contribution is 5.74. The van der Waals surface area contributed by atoms with E-state index in [1.807, 2.05) is 0 Å². The molecule has 0 bridgehead atoms. The first-order valence-corrected chi connectivity index (χ1v) is 6.91. The van der Waals surface area contributed by atoms with Gasteiger partial charge in [0.2, 0.25) is 0 Å². The Bertz CT molecular complexity index is 655. The van der Waals surface area contributed by atoms with Crippen LogP contribution in [0, 0.1) is 5.82 Å². The third-order valence-electron chi connectivity index (χ3n) is 3.24. The van der Waals surface area contributed by atoms with Crippen LogP contribution in [0.5, 0.6) is 0 Å². The molecule has 0 unspecified atom stereocenters. The van der Waals surface area contributed by atoms with Gasteiger partial charge < -0.3 is 19.5 Å². The van der Waals surface area contributed by atoms with E-state index in [1.165, 1.54) is 12.1 Å². The van der Waals surface area contributed by atoms with Crippen molar-refractivity contribution in [3.63, 3.8) is 0 Å². The number of aromatic nitrogens is 2. The SMILES string of the molecule is O=C(NCc1noc(-c2cccc(F)c2)n1)N1CCOCC1. The van der Waals surface area contributed by atoms with Gasteiger partial charge in [0.25, 0.3) is 5.89 Å². The van der Waals surface area contributed by atoms with E-state index in [0.717, 1.165) is 0 Å². The second-order valence-corrected chi connectivity index (χ2v) is 4.78. The quantitative estimate of drug-likeness (QED) is 0.927. The average molecular weight is 306 g/mol. The lowest BCUT2D eigenvalue weighted by atomic mass is 10.2. The molecule has 0 spiro atoms. The molecule has 2 aromatic rings. The summed E-state index contributed by atoms with van der Waals surface area (Å²) in [7, 11) is 0. The summed E-state index contributed by atoms with van der Waals surface area (Å²) in [5.41, 5.74) is 0.498. The first-order valence-electron chi connectivity index (χ1n) is 6.91. The molecule has 7 nitrogen and oxygen atoms in total. The highest BCUT2D eigenvalue weighted by Crippen LogP contribution is 2.17. The zero-order chi connectivity index (χ0) is 15.4. The lowest BCUT2D eigenvalue weighted by molar-refractivity contribution is 0.0531. The second kappa shape index (κ2) is 6.52. The van der Waals surface area contributed by atoms with Crippen LogP contribution in [0.25, 0.3) is 11.5 Å². The molecule has 116 valence electrons. The molecule has 0 saturated carbocycles. The number of urea groups is 1. The van der Waals surface area contributed by atoms with Gasteiger partial charge in [-0.05, 0) is 18.2 Å². The van der Waals surface area contributed by atoms with Crippen LogP contribution in [-0.2, 0) is 11.3 Å². The molecule has 1 aromatic carbocycles. The van der Waals surface area contributed by atoms with Gasteiger partial charge in [-0.2, -0.15) is 4.98 Å². The first-order chi connectivity index (χ1) is 10.7. The number of carbonyl (C=O) groups excluding carboxylic acids is 1. The summed E-state index contributed by atoms with van der Waals surface area (Å²) in [4.78, 5) is 17.7. The van der Waals surface area contributed by atoms with Gasteiger partial charge in [0, 0.05) is 18.7 Å². The van der Waals surface area contributed by atoms with Crippen molar-refractivity contribution in [3.8, 4) is 11.5 Å². The lowest BCUT2D eigenvalue weighted by Crippen LogP contribution is -2.46. The summed E-state index contributed by atoms with van der Waals surface area (Å²) >= 11 is 0. The Morgan fingerprint density at radius 3 is 2.95 bits per heavy atom. The molecule has 2 amide bonds. The Morgan fingerprint density at radius 2 is 2.18 bits per heavy atom. The maximum Gasteiger partial charge on any atom is 0.317 e. The summed E-state index contributed by atoms with van der Waals surface area (Å²) in [5.74, 6) is 0.175. The third-order valence-corrected chi connectivity index (χ3v) is 3.24. The van der Waals surface area contributed by atoms with Crippen LogP contribution in [0.2, 0.25) is 0 Å². The Labute approximate surface area is 126 Å². The van der Waals surface area contributed by atoms with Crippen molar-refractivity contribution in [2.75, 3.05) is 26.3 Å². The number of nitrogens with one attached hydrogen (secondary N) is 1. The Hall–Kier alpha value is -2.48. The van der Waals surface area contributed by atoms with Gasteiger partial charge in [0.1, 0.15) is 5.82 Å². The number of hydrogen-bond acceptors (Lipinski definition) is 5. The van der Waals surface area contributed by atoms with Gasteiger partial charge in [-0.1, -0.05) is 11.2 Å². The normalized spacial score (nSPS) is 14.9. The number of ether oxygens (including phenoxy) is 1. The number of nitrogens with zero attached hydrogens (tertiary/aromatic N) is 3. The van der Waals surface area contributed by atoms with Crippen LogP contribution in [-0.4, -0.2) is 47.4 Å². The van der Waals surface area contributed by atoms with E-state index in [4.69, 9.17) is 9.26 Å². The number of rotatable bonds is 3. The Kier molecular flexibility index (Phi) is 4.29. The number of hydrogen-bond donors (Lipinski definition) is 1. The standard InChI is InChI=1S/C14H15FN4O3/c15-11-3-1-2-10(8-11)13-17-12(18-22-13)9-16-14(20)19-4-6-21-7-5-19/h1-3,8H,4-7,9H2,(H,16,20). The van der Waals surface area contributed by atoms with E-state index in [2.05, 4.69) is 15.5 Å². The van der Waals surface area contributed by atoms with Crippen LogP contribution < -0.4 is 5.32 Å². The maximum atomic E-state index is 13.2. The zero-order valence-electron chi connectivity index (χ0n) is 11.8. The van der Waals surface area contributed by atoms with Crippen molar-refractivity contribution in [2.45, 2.75) is 6.54 Å². The van der Waals surface area contributed by atoms with Crippen LogP contribution in [0.4, 0.5) is 9.18 Å². The monoisotopic (exact) mass is 306 g/mol. The second-order valence-electron chi connectivity index (χ2n) is 4.78. The summed E-state index contributed by atoms with van der Waals surface area (Å²) in [5, 5.41) is 6.49. The summed E-state index contributed by atoms with van der Waals surface area (Å²) in [6.45, 7) is 2.35. The minimum atomic E-state index is -0.377. The molecule has 1 fully saturated rings. The summed E-state index contributed by atoms with van der Waals surface area (Å²) in [6.07, 6.45) is 0. The molecule has 0 atom stereocenters. The number of carbonyl (C=O) groups is 1. The zero-order valence-corrected chi connectivity index (χ0v) is 11.8. The fourth-order valence-electron chi connectivity index (χ4n) is 2.10. The van der Waals surface area contributed by atoms with Crippen molar-refractivity contribution in [1.29, 1.82) is 0 Å². The molecule has 1 saturated heterocycles. The molecule has 1 aromatic heterocycles. The van der Waals surface area contributed by atoms with Crippen LogP contribution >= 0.6 is 0 Å². The molecule has 0 radical (unpaired) electrons. The molecule has 8 heteroatoms.